The Labute approximate surface area is 202 Å². The summed E-state index contributed by atoms with van der Waals surface area (Å²) in [5.74, 6) is -0.316. The van der Waals surface area contributed by atoms with Crippen LogP contribution in [0.3, 0.4) is 0 Å². The molecule has 3 aromatic rings. The SMILES string of the molecule is C[C@H](NC(=O)CCSC1=N/C(=C/c2ccccc2)C(=O)N1c1ccc(F)cc1)c1ccccc1. The molecule has 0 radical (unpaired) electrons. The van der Waals surface area contributed by atoms with Crippen LogP contribution in [0, 0.1) is 5.82 Å². The topological polar surface area (TPSA) is 61.8 Å². The maximum Gasteiger partial charge on any atom is 0.283 e. The normalized spacial score (nSPS) is 15.4. The summed E-state index contributed by atoms with van der Waals surface area (Å²) in [5.41, 5.74) is 2.71. The monoisotopic (exact) mass is 473 g/mol. The van der Waals surface area contributed by atoms with Gasteiger partial charge in [0.25, 0.3) is 5.91 Å². The fraction of sp³-hybridized carbons (Fsp3) is 0.148. The van der Waals surface area contributed by atoms with Gasteiger partial charge in [0, 0.05) is 12.2 Å². The summed E-state index contributed by atoms with van der Waals surface area (Å²) >= 11 is 1.32. The quantitative estimate of drug-likeness (QED) is 0.457. The molecule has 0 aromatic heterocycles. The first-order valence-electron chi connectivity index (χ1n) is 10.9. The number of benzene rings is 3. The Balaban J connectivity index is 1.46. The number of hydrogen-bond acceptors (Lipinski definition) is 4. The predicted octanol–water partition coefficient (Wildman–Crippen LogP) is 5.57. The first-order valence-corrected chi connectivity index (χ1v) is 11.9. The van der Waals surface area contributed by atoms with Crippen molar-refractivity contribution in [3.63, 3.8) is 0 Å². The number of amidine groups is 1. The van der Waals surface area contributed by atoms with Crippen LogP contribution >= 0.6 is 11.8 Å². The van der Waals surface area contributed by atoms with Crippen molar-refractivity contribution in [1.82, 2.24) is 5.32 Å². The van der Waals surface area contributed by atoms with Crippen LogP contribution < -0.4 is 10.2 Å². The number of thioether (sulfide) groups is 1. The third kappa shape index (κ3) is 5.80. The van der Waals surface area contributed by atoms with Crippen LogP contribution in [-0.4, -0.2) is 22.7 Å². The van der Waals surface area contributed by atoms with Crippen molar-refractivity contribution >= 4 is 40.5 Å². The summed E-state index contributed by atoms with van der Waals surface area (Å²) in [4.78, 5) is 31.6. The molecular weight excluding hydrogens is 449 g/mol. The van der Waals surface area contributed by atoms with Crippen molar-refractivity contribution in [2.75, 3.05) is 10.7 Å². The van der Waals surface area contributed by atoms with E-state index in [1.165, 1.54) is 28.8 Å². The van der Waals surface area contributed by atoms with Crippen molar-refractivity contribution < 1.29 is 14.0 Å². The molecule has 1 N–H and O–H groups in total. The Bertz CT molecular complexity index is 1210. The lowest BCUT2D eigenvalue weighted by Gasteiger charge is -2.18. The third-order valence-corrected chi connectivity index (χ3v) is 6.20. The number of nitrogens with zero attached hydrogens (tertiary/aromatic N) is 2. The maximum absolute atomic E-state index is 13.5. The first-order chi connectivity index (χ1) is 16.5. The zero-order chi connectivity index (χ0) is 23.9. The highest BCUT2D eigenvalue weighted by molar-refractivity contribution is 8.14. The lowest BCUT2D eigenvalue weighted by molar-refractivity contribution is -0.121. The number of carbonyl (C=O) groups is 2. The van der Waals surface area contributed by atoms with Gasteiger partial charge in [-0.2, -0.15) is 0 Å². The van der Waals surface area contributed by atoms with Crippen molar-refractivity contribution in [2.45, 2.75) is 19.4 Å². The highest BCUT2D eigenvalue weighted by Gasteiger charge is 2.32. The largest absolute Gasteiger partial charge is 0.350 e. The molecule has 7 heteroatoms. The molecule has 0 bridgehead atoms. The summed E-state index contributed by atoms with van der Waals surface area (Å²) in [6.45, 7) is 1.94. The van der Waals surface area contributed by atoms with E-state index < -0.39 is 0 Å². The molecule has 0 spiro atoms. The predicted molar refractivity (Wildman–Crippen MR) is 136 cm³/mol. The van der Waals surface area contributed by atoms with Gasteiger partial charge in [-0.1, -0.05) is 72.4 Å². The molecule has 5 nitrogen and oxygen atoms in total. The Morgan fingerprint density at radius 3 is 2.35 bits per heavy atom. The third-order valence-electron chi connectivity index (χ3n) is 5.25. The summed E-state index contributed by atoms with van der Waals surface area (Å²) in [5, 5.41) is 3.46. The summed E-state index contributed by atoms with van der Waals surface area (Å²) < 4.78 is 13.5. The summed E-state index contributed by atoms with van der Waals surface area (Å²) in [6.07, 6.45) is 1.99. The zero-order valence-corrected chi connectivity index (χ0v) is 19.5. The minimum atomic E-state index is -0.384. The second-order valence-electron chi connectivity index (χ2n) is 7.75. The van der Waals surface area contributed by atoms with Gasteiger partial charge in [0.2, 0.25) is 5.91 Å². The van der Waals surface area contributed by atoms with E-state index in [1.54, 1.807) is 18.2 Å². The molecule has 3 aromatic carbocycles. The second-order valence-corrected chi connectivity index (χ2v) is 8.81. The van der Waals surface area contributed by atoms with E-state index in [-0.39, 0.29) is 30.1 Å². The van der Waals surface area contributed by atoms with Gasteiger partial charge in [0.1, 0.15) is 11.5 Å². The molecule has 0 aliphatic carbocycles. The molecule has 1 aliphatic rings. The van der Waals surface area contributed by atoms with Crippen LogP contribution in [0.5, 0.6) is 0 Å². The van der Waals surface area contributed by atoms with Gasteiger partial charge in [-0.05, 0) is 48.4 Å². The van der Waals surface area contributed by atoms with Gasteiger partial charge in [0.15, 0.2) is 5.17 Å². The van der Waals surface area contributed by atoms with Gasteiger partial charge < -0.3 is 5.32 Å². The molecule has 172 valence electrons. The molecule has 34 heavy (non-hydrogen) atoms. The lowest BCUT2D eigenvalue weighted by atomic mass is 10.1. The van der Waals surface area contributed by atoms with Crippen LogP contribution in [0.25, 0.3) is 6.08 Å². The second kappa shape index (κ2) is 10.9. The average molecular weight is 474 g/mol. The summed E-state index contributed by atoms with van der Waals surface area (Å²) in [6, 6.07) is 24.8. The standard InChI is InChI=1S/C27H24FN3O2S/c1-19(21-10-6-3-7-11-21)29-25(32)16-17-34-27-30-24(18-20-8-4-2-5-9-20)26(33)31(27)23-14-12-22(28)13-15-23/h2-15,18-19H,16-17H2,1H3,(H,29,32)/b24-18+/t19-/m0/s1. The Morgan fingerprint density at radius 2 is 1.68 bits per heavy atom. The van der Waals surface area contributed by atoms with Crippen LogP contribution in [0.15, 0.2) is 95.6 Å². The van der Waals surface area contributed by atoms with Crippen LogP contribution in [0.1, 0.15) is 30.5 Å². The molecular formula is C27H24FN3O2S. The molecule has 1 aliphatic heterocycles. The Hall–Kier alpha value is -3.71. The minimum Gasteiger partial charge on any atom is -0.350 e. The van der Waals surface area contributed by atoms with Crippen molar-refractivity contribution in [2.24, 2.45) is 4.99 Å². The van der Waals surface area contributed by atoms with Crippen molar-refractivity contribution in [3.05, 3.63) is 108 Å². The van der Waals surface area contributed by atoms with Gasteiger partial charge in [-0.25, -0.2) is 9.38 Å². The van der Waals surface area contributed by atoms with E-state index in [0.29, 0.717) is 22.3 Å². The van der Waals surface area contributed by atoms with E-state index in [1.807, 2.05) is 67.6 Å². The molecule has 2 amide bonds. The fourth-order valence-electron chi connectivity index (χ4n) is 3.49. The maximum atomic E-state index is 13.5. The first kappa shape index (κ1) is 23.4. The molecule has 0 fully saturated rings. The highest BCUT2D eigenvalue weighted by Crippen LogP contribution is 2.30. The van der Waals surface area contributed by atoms with Crippen LogP contribution in [0.2, 0.25) is 0 Å². The van der Waals surface area contributed by atoms with Crippen LogP contribution in [-0.2, 0) is 9.59 Å². The minimum absolute atomic E-state index is 0.0813. The Morgan fingerprint density at radius 1 is 1.03 bits per heavy atom. The number of halogens is 1. The van der Waals surface area contributed by atoms with Gasteiger partial charge in [0.05, 0.1) is 11.7 Å². The zero-order valence-electron chi connectivity index (χ0n) is 18.6. The summed E-state index contributed by atoms with van der Waals surface area (Å²) in [7, 11) is 0. The number of aliphatic imine (C=N–C) groups is 1. The van der Waals surface area contributed by atoms with E-state index in [0.717, 1.165) is 11.1 Å². The van der Waals surface area contributed by atoms with Gasteiger partial charge in [-0.15, -0.1) is 0 Å². The molecule has 1 atom stereocenters. The molecule has 0 saturated heterocycles. The smallest absolute Gasteiger partial charge is 0.283 e. The fourth-order valence-corrected chi connectivity index (χ4v) is 4.44. The molecule has 0 unspecified atom stereocenters. The number of carbonyl (C=O) groups excluding carboxylic acids is 2. The van der Waals surface area contributed by atoms with Gasteiger partial charge >= 0.3 is 0 Å². The average Bonchev–Trinajstić information content (AvgIpc) is 3.15. The Kier molecular flexibility index (Phi) is 7.54. The van der Waals surface area contributed by atoms with E-state index >= 15 is 0 Å². The number of anilines is 1. The van der Waals surface area contributed by atoms with E-state index in [2.05, 4.69) is 10.3 Å². The number of amides is 2. The molecule has 4 rings (SSSR count). The molecule has 0 saturated carbocycles. The van der Waals surface area contributed by atoms with E-state index in [9.17, 15) is 14.0 Å². The number of hydrogen-bond donors (Lipinski definition) is 1. The number of rotatable bonds is 7. The van der Waals surface area contributed by atoms with Crippen molar-refractivity contribution in [3.8, 4) is 0 Å². The van der Waals surface area contributed by atoms with Crippen molar-refractivity contribution in [1.29, 1.82) is 0 Å². The lowest BCUT2D eigenvalue weighted by Crippen LogP contribution is -2.31. The highest BCUT2D eigenvalue weighted by atomic mass is 32.2. The van der Waals surface area contributed by atoms with E-state index in [4.69, 9.17) is 0 Å². The van der Waals surface area contributed by atoms with Gasteiger partial charge in [-0.3, -0.25) is 14.5 Å². The molecule has 1 heterocycles. The number of nitrogens with one attached hydrogen (secondary N) is 1. The van der Waals surface area contributed by atoms with Crippen LogP contribution in [0.4, 0.5) is 10.1 Å².